The molecule has 2 aromatic rings. The lowest BCUT2D eigenvalue weighted by Crippen LogP contribution is -2.25. The van der Waals surface area contributed by atoms with Crippen molar-refractivity contribution in [3.05, 3.63) is 56.5 Å². The lowest BCUT2D eigenvalue weighted by molar-refractivity contribution is 0.0944. The highest BCUT2D eigenvalue weighted by Gasteiger charge is 2.11. The molecule has 0 bridgehead atoms. The molecular weight excluding hydrogens is 294 g/mol. The first kappa shape index (κ1) is 15.1. The number of nitrogens with one attached hydrogen (secondary N) is 2. The van der Waals surface area contributed by atoms with E-state index in [4.69, 9.17) is 16.3 Å². The number of aryl methyl sites for hydroxylation is 1. The van der Waals surface area contributed by atoms with Gasteiger partial charge in [0.1, 0.15) is 11.4 Å². The quantitative estimate of drug-likeness (QED) is 0.900. The fourth-order valence-electron chi connectivity index (χ4n) is 1.96. The molecule has 0 unspecified atom stereocenters. The van der Waals surface area contributed by atoms with Gasteiger partial charge >= 0.3 is 0 Å². The van der Waals surface area contributed by atoms with E-state index in [1.165, 1.54) is 12.1 Å². The number of halogens is 1. The Morgan fingerprint density at radius 2 is 2.19 bits per heavy atom. The third-order valence-electron chi connectivity index (χ3n) is 2.87. The van der Waals surface area contributed by atoms with Crippen LogP contribution < -0.4 is 15.6 Å². The summed E-state index contributed by atoms with van der Waals surface area (Å²) in [5.74, 6) is 0.278. The van der Waals surface area contributed by atoms with E-state index in [1.807, 2.05) is 6.92 Å². The summed E-state index contributed by atoms with van der Waals surface area (Å²) in [6.45, 7) is 2.11. The second-order valence-electron chi connectivity index (χ2n) is 4.40. The van der Waals surface area contributed by atoms with Gasteiger partial charge in [0, 0.05) is 23.2 Å². The van der Waals surface area contributed by atoms with Gasteiger partial charge in [0.25, 0.3) is 11.5 Å². The zero-order chi connectivity index (χ0) is 15.4. The third kappa shape index (κ3) is 3.61. The fraction of sp³-hybridized carbons (Fsp3) is 0.214. The minimum Gasteiger partial charge on any atom is -0.496 e. The van der Waals surface area contributed by atoms with Crippen molar-refractivity contribution in [3.63, 3.8) is 0 Å². The molecule has 0 atom stereocenters. The molecule has 7 heteroatoms. The predicted octanol–water partition coefficient (Wildman–Crippen LogP) is 1.67. The predicted molar refractivity (Wildman–Crippen MR) is 78.8 cm³/mol. The van der Waals surface area contributed by atoms with Gasteiger partial charge in [-0.3, -0.25) is 9.59 Å². The lowest BCUT2D eigenvalue weighted by atomic mass is 10.1. The van der Waals surface area contributed by atoms with Crippen LogP contribution in [0.15, 0.2) is 29.1 Å². The number of hydrogen-bond acceptors (Lipinski definition) is 4. The van der Waals surface area contributed by atoms with E-state index in [2.05, 4.69) is 15.5 Å². The molecular formula is C14H14ClN3O3. The van der Waals surface area contributed by atoms with Crippen LogP contribution >= 0.6 is 11.6 Å². The molecule has 0 saturated carbocycles. The number of nitrogens with zero attached hydrogens (tertiary/aromatic N) is 1. The van der Waals surface area contributed by atoms with Gasteiger partial charge < -0.3 is 10.1 Å². The Morgan fingerprint density at radius 3 is 2.81 bits per heavy atom. The molecule has 0 aliphatic heterocycles. The van der Waals surface area contributed by atoms with Crippen molar-refractivity contribution in [2.24, 2.45) is 0 Å². The first-order valence-corrected chi connectivity index (χ1v) is 6.56. The van der Waals surface area contributed by atoms with Gasteiger partial charge in [0.15, 0.2) is 0 Å². The highest BCUT2D eigenvalue weighted by Crippen LogP contribution is 2.27. The van der Waals surface area contributed by atoms with Crippen LogP contribution in [0.1, 0.15) is 21.6 Å². The topological polar surface area (TPSA) is 84.1 Å². The number of methoxy groups -OCH3 is 1. The highest BCUT2D eigenvalue weighted by atomic mass is 35.5. The van der Waals surface area contributed by atoms with Crippen molar-refractivity contribution >= 4 is 17.5 Å². The molecule has 6 nitrogen and oxygen atoms in total. The van der Waals surface area contributed by atoms with Crippen molar-refractivity contribution < 1.29 is 9.53 Å². The molecule has 0 fully saturated rings. The zero-order valence-corrected chi connectivity index (χ0v) is 12.3. The largest absolute Gasteiger partial charge is 0.496 e. The number of hydrogen-bond donors (Lipinski definition) is 2. The summed E-state index contributed by atoms with van der Waals surface area (Å²) in [5.41, 5.74) is 1.42. The molecule has 0 aliphatic rings. The molecule has 2 rings (SSSR count). The van der Waals surface area contributed by atoms with Crippen molar-refractivity contribution in [2.75, 3.05) is 7.11 Å². The Labute approximate surface area is 126 Å². The minimum absolute atomic E-state index is 0.132. The average Bonchev–Trinajstić information content (AvgIpc) is 2.45. The van der Waals surface area contributed by atoms with E-state index < -0.39 is 5.91 Å². The van der Waals surface area contributed by atoms with Crippen LogP contribution in [0.3, 0.4) is 0 Å². The average molecular weight is 308 g/mol. The molecule has 0 radical (unpaired) electrons. The molecule has 1 aromatic carbocycles. The Balaban J connectivity index is 2.14. The number of aromatic nitrogens is 2. The van der Waals surface area contributed by atoms with Gasteiger partial charge in [0.05, 0.1) is 7.11 Å². The monoisotopic (exact) mass is 307 g/mol. The normalized spacial score (nSPS) is 10.2. The number of H-pyrrole nitrogens is 1. The van der Waals surface area contributed by atoms with Gasteiger partial charge in [-0.25, -0.2) is 5.10 Å². The van der Waals surface area contributed by atoms with E-state index >= 15 is 0 Å². The van der Waals surface area contributed by atoms with E-state index in [1.54, 1.807) is 19.2 Å². The number of ether oxygens (including phenoxy) is 1. The number of amides is 1. The number of benzene rings is 1. The molecule has 0 spiro atoms. The number of carbonyl (C=O) groups is 1. The lowest BCUT2D eigenvalue weighted by Gasteiger charge is -2.12. The summed E-state index contributed by atoms with van der Waals surface area (Å²) in [5, 5.41) is 9.14. The van der Waals surface area contributed by atoms with Gasteiger partial charge in [-0.2, -0.15) is 5.10 Å². The third-order valence-corrected chi connectivity index (χ3v) is 3.09. The molecule has 2 N–H and O–H groups in total. The molecule has 1 amide bonds. The Morgan fingerprint density at radius 1 is 1.43 bits per heavy atom. The van der Waals surface area contributed by atoms with E-state index in [-0.39, 0.29) is 17.8 Å². The van der Waals surface area contributed by atoms with Crippen LogP contribution in [-0.4, -0.2) is 23.2 Å². The summed E-state index contributed by atoms with van der Waals surface area (Å²) < 4.78 is 5.31. The SMILES string of the molecule is COc1c(C)cc(Cl)cc1CNC(=O)c1ccc(=O)[nH]n1. The summed E-state index contributed by atoms with van der Waals surface area (Å²) in [6, 6.07) is 6.11. The van der Waals surface area contributed by atoms with Crippen LogP contribution in [0, 0.1) is 6.92 Å². The first-order valence-electron chi connectivity index (χ1n) is 6.18. The number of rotatable bonds is 4. The molecule has 1 aromatic heterocycles. The standard InChI is InChI=1S/C14H14ClN3O3/c1-8-5-10(15)6-9(13(8)21-2)7-16-14(20)11-3-4-12(19)18-17-11/h3-6H,7H2,1-2H3,(H,16,20)(H,18,19). The smallest absolute Gasteiger partial charge is 0.271 e. The maximum atomic E-state index is 11.9. The molecule has 110 valence electrons. The van der Waals surface area contributed by atoms with Gasteiger partial charge in [0.2, 0.25) is 0 Å². The van der Waals surface area contributed by atoms with Gasteiger partial charge in [-0.05, 0) is 30.7 Å². The molecule has 1 heterocycles. The summed E-state index contributed by atoms with van der Waals surface area (Å²) in [4.78, 5) is 22.8. The molecule has 0 saturated heterocycles. The minimum atomic E-state index is -0.397. The summed E-state index contributed by atoms with van der Waals surface area (Å²) >= 11 is 6.01. The maximum Gasteiger partial charge on any atom is 0.271 e. The summed E-state index contributed by atoms with van der Waals surface area (Å²) in [7, 11) is 1.56. The van der Waals surface area contributed by atoms with E-state index in [0.29, 0.717) is 10.8 Å². The van der Waals surface area contributed by atoms with Gasteiger partial charge in [-0.1, -0.05) is 11.6 Å². The van der Waals surface area contributed by atoms with Crippen LogP contribution in [0.2, 0.25) is 5.02 Å². The highest BCUT2D eigenvalue weighted by molar-refractivity contribution is 6.30. The van der Waals surface area contributed by atoms with Crippen LogP contribution in [0.4, 0.5) is 0 Å². The van der Waals surface area contributed by atoms with Crippen LogP contribution in [-0.2, 0) is 6.54 Å². The Hall–Kier alpha value is -2.34. The molecule has 0 aliphatic carbocycles. The Kier molecular flexibility index (Phi) is 4.59. The van der Waals surface area contributed by atoms with Crippen molar-refractivity contribution in [1.29, 1.82) is 0 Å². The van der Waals surface area contributed by atoms with Crippen molar-refractivity contribution in [2.45, 2.75) is 13.5 Å². The number of aromatic amines is 1. The second kappa shape index (κ2) is 6.41. The first-order chi connectivity index (χ1) is 10.0. The van der Waals surface area contributed by atoms with E-state index in [0.717, 1.165) is 11.1 Å². The number of carbonyl (C=O) groups excluding carboxylic acids is 1. The van der Waals surface area contributed by atoms with Crippen molar-refractivity contribution in [1.82, 2.24) is 15.5 Å². The zero-order valence-electron chi connectivity index (χ0n) is 11.6. The Bertz CT molecular complexity index is 707. The maximum absolute atomic E-state index is 11.9. The van der Waals surface area contributed by atoms with Crippen molar-refractivity contribution in [3.8, 4) is 5.75 Å². The van der Waals surface area contributed by atoms with Crippen LogP contribution in [0.25, 0.3) is 0 Å². The van der Waals surface area contributed by atoms with E-state index in [9.17, 15) is 9.59 Å². The van der Waals surface area contributed by atoms with Gasteiger partial charge in [-0.15, -0.1) is 0 Å². The van der Waals surface area contributed by atoms with Crippen LogP contribution in [0.5, 0.6) is 5.75 Å². The fourth-order valence-corrected chi connectivity index (χ4v) is 2.26. The second-order valence-corrected chi connectivity index (χ2v) is 4.84. The molecule has 21 heavy (non-hydrogen) atoms. The summed E-state index contributed by atoms with van der Waals surface area (Å²) in [6.07, 6.45) is 0.